The topological polar surface area (TPSA) is 91.7 Å². The van der Waals surface area contributed by atoms with Crippen molar-refractivity contribution in [2.45, 2.75) is 19.1 Å². The van der Waals surface area contributed by atoms with Crippen molar-refractivity contribution in [1.82, 2.24) is 15.3 Å². The van der Waals surface area contributed by atoms with Crippen molar-refractivity contribution in [3.63, 3.8) is 0 Å². The lowest BCUT2D eigenvalue weighted by Crippen LogP contribution is -2.36. The summed E-state index contributed by atoms with van der Waals surface area (Å²) in [6.45, 7) is 4.91. The summed E-state index contributed by atoms with van der Waals surface area (Å²) in [4.78, 5) is 28.0. The molecule has 1 fully saturated rings. The molecule has 0 radical (unpaired) electrons. The van der Waals surface area contributed by atoms with E-state index >= 15 is 0 Å². The maximum Gasteiger partial charge on any atom is 0.419 e. The summed E-state index contributed by atoms with van der Waals surface area (Å²) in [7, 11) is 0. The van der Waals surface area contributed by atoms with Gasteiger partial charge < -0.3 is 15.0 Å². The van der Waals surface area contributed by atoms with Gasteiger partial charge in [0.25, 0.3) is 5.91 Å². The molecule has 8 nitrogen and oxygen atoms in total. The van der Waals surface area contributed by atoms with E-state index in [-0.39, 0.29) is 18.4 Å². The number of benzene rings is 1. The standard InChI is InChI=1S/C26H25F3N6O2/c1-16-20-5-4-17(18-11-19(14-30-13-18)35-7-9-37-10-8-35)12-21(20)23(33-15-32-16)25(36)34-24-22(26(27,28)29)3-2-6-31-24/h2-6,11-14,16,32H,7-10,15H2,1H3,(H,31,34,36). The van der Waals surface area contributed by atoms with Gasteiger partial charge in [-0.15, -0.1) is 0 Å². The van der Waals surface area contributed by atoms with Crippen molar-refractivity contribution in [2.24, 2.45) is 4.99 Å². The Hall–Kier alpha value is -3.83. The number of amides is 1. The van der Waals surface area contributed by atoms with Crippen LogP contribution < -0.4 is 15.5 Å². The number of aliphatic imine (C=N–C) groups is 1. The highest BCUT2D eigenvalue weighted by molar-refractivity contribution is 6.49. The third-order valence-corrected chi connectivity index (χ3v) is 6.40. The molecule has 2 aliphatic heterocycles. The van der Waals surface area contributed by atoms with Gasteiger partial charge in [-0.05, 0) is 42.3 Å². The number of ether oxygens (including phenoxy) is 1. The molecule has 1 aromatic carbocycles. The summed E-state index contributed by atoms with van der Waals surface area (Å²) in [5.41, 5.74) is 2.98. The number of nitrogens with zero attached hydrogens (tertiary/aromatic N) is 4. The Labute approximate surface area is 211 Å². The monoisotopic (exact) mass is 510 g/mol. The zero-order chi connectivity index (χ0) is 26.0. The zero-order valence-electron chi connectivity index (χ0n) is 20.0. The first-order chi connectivity index (χ1) is 17.8. The number of morpholine rings is 1. The molecule has 3 aromatic rings. The molecule has 1 unspecified atom stereocenters. The Kier molecular flexibility index (Phi) is 6.90. The van der Waals surface area contributed by atoms with Gasteiger partial charge in [-0.1, -0.05) is 12.1 Å². The van der Waals surface area contributed by atoms with Crippen LogP contribution in [0.2, 0.25) is 0 Å². The molecule has 1 saturated heterocycles. The third-order valence-electron chi connectivity index (χ3n) is 6.40. The van der Waals surface area contributed by atoms with Gasteiger partial charge in [0.05, 0.1) is 37.3 Å². The number of halogens is 3. The number of aromatic nitrogens is 2. The van der Waals surface area contributed by atoms with Crippen LogP contribution in [-0.4, -0.2) is 54.6 Å². The number of carbonyl (C=O) groups excluding carboxylic acids is 1. The van der Waals surface area contributed by atoms with Crippen LogP contribution in [0, 0.1) is 0 Å². The van der Waals surface area contributed by atoms with Crippen LogP contribution >= 0.6 is 0 Å². The van der Waals surface area contributed by atoms with Gasteiger partial charge >= 0.3 is 6.18 Å². The van der Waals surface area contributed by atoms with Gasteiger partial charge in [0.2, 0.25) is 0 Å². The van der Waals surface area contributed by atoms with Crippen molar-refractivity contribution in [3.05, 3.63) is 71.7 Å². The van der Waals surface area contributed by atoms with Crippen molar-refractivity contribution >= 4 is 23.1 Å². The highest BCUT2D eigenvalue weighted by Crippen LogP contribution is 2.34. The first kappa shape index (κ1) is 24.8. The molecule has 2 aliphatic rings. The van der Waals surface area contributed by atoms with Gasteiger partial charge in [-0.3, -0.25) is 20.1 Å². The number of fused-ring (bicyclic) bond motifs is 1. The Morgan fingerprint density at radius 2 is 1.95 bits per heavy atom. The van der Waals surface area contributed by atoms with Gasteiger partial charge in [0.1, 0.15) is 11.5 Å². The van der Waals surface area contributed by atoms with Gasteiger partial charge in [0.15, 0.2) is 0 Å². The summed E-state index contributed by atoms with van der Waals surface area (Å²) in [6, 6.07) is 9.63. The molecule has 0 bridgehead atoms. The first-order valence-corrected chi connectivity index (χ1v) is 11.8. The van der Waals surface area contributed by atoms with Gasteiger partial charge in [0, 0.05) is 42.7 Å². The maximum absolute atomic E-state index is 13.5. The lowest BCUT2D eigenvalue weighted by molar-refractivity contribution is -0.137. The quantitative estimate of drug-likeness (QED) is 0.551. The molecular formula is C26H25F3N6O2. The Morgan fingerprint density at radius 1 is 1.14 bits per heavy atom. The van der Waals surface area contributed by atoms with Crippen molar-refractivity contribution < 1.29 is 22.7 Å². The minimum atomic E-state index is -4.66. The van der Waals surface area contributed by atoms with E-state index in [1.54, 1.807) is 12.4 Å². The molecule has 0 aliphatic carbocycles. The molecule has 0 spiro atoms. The van der Waals surface area contributed by atoms with E-state index in [9.17, 15) is 18.0 Å². The average Bonchev–Trinajstić information content (AvgIpc) is 3.07. The normalized spacial score (nSPS) is 18.0. The number of pyridine rings is 2. The predicted octanol–water partition coefficient (Wildman–Crippen LogP) is 4.05. The number of alkyl halides is 3. The number of hydrogen-bond donors (Lipinski definition) is 2. The second kappa shape index (κ2) is 10.3. The van der Waals surface area contributed by atoms with E-state index in [0.717, 1.165) is 41.5 Å². The van der Waals surface area contributed by atoms with E-state index in [0.29, 0.717) is 18.8 Å². The molecule has 1 amide bonds. The molecule has 4 heterocycles. The predicted molar refractivity (Wildman–Crippen MR) is 134 cm³/mol. The SMILES string of the molecule is CC1NCN=C(C(=O)Nc2ncccc2C(F)(F)F)c2cc(-c3cncc(N4CCOCC4)c3)ccc21. The fourth-order valence-corrected chi connectivity index (χ4v) is 4.45. The molecular weight excluding hydrogens is 485 g/mol. The van der Waals surface area contributed by atoms with Crippen molar-refractivity contribution in [2.75, 3.05) is 43.2 Å². The first-order valence-electron chi connectivity index (χ1n) is 11.8. The average molecular weight is 511 g/mol. The summed E-state index contributed by atoms with van der Waals surface area (Å²) in [6.07, 6.45) is 0.0752. The number of carbonyl (C=O) groups is 1. The van der Waals surface area contributed by atoms with Crippen LogP contribution in [0.15, 0.2) is 60.0 Å². The van der Waals surface area contributed by atoms with Crippen molar-refractivity contribution in [3.8, 4) is 11.1 Å². The Morgan fingerprint density at radius 3 is 2.73 bits per heavy atom. The highest BCUT2D eigenvalue weighted by Gasteiger charge is 2.35. The van der Waals surface area contributed by atoms with E-state index in [1.807, 2.05) is 31.2 Å². The molecule has 2 aromatic heterocycles. The summed E-state index contributed by atoms with van der Waals surface area (Å²) in [5, 5.41) is 5.52. The second-order valence-corrected chi connectivity index (χ2v) is 8.78. The molecule has 0 saturated carbocycles. The summed E-state index contributed by atoms with van der Waals surface area (Å²) in [5.74, 6) is -1.33. The van der Waals surface area contributed by atoms with Gasteiger partial charge in [-0.2, -0.15) is 13.2 Å². The largest absolute Gasteiger partial charge is 0.419 e. The lowest BCUT2D eigenvalue weighted by Gasteiger charge is -2.28. The fraction of sp³-hybridized carbons (Fsp3) is 0.308. The Balaban J connectivity index is 1.50. The molecule has 37 heavy (non-hydrogen) atoms. The lowest BCUT2D eigenvalue weighted by atomic mass is 9.93. The van der Waals surface area contributed by atoms with Crippen LogP contribution in [0.1, 0.15) is 29.7 Å². The summed E-state index contributed by atoms with van der Waals surface area (Å²) >= 11 is 0. The van der Waals surface area contributed by atoms with E-state index in [4.69, 9.17) is 4.74 Å². The van der Waals surface area contributed by atoms with Gasteiger partial charge in [-0.25, -0.2) is 4.98 Å². The molecule has 2 N–H and O–H groups in total. The molecule has 192 valence electrons. The second-order valence-electron chi connectivity index (χ2n) is 8.78. The van der Waals surface area contributed by atoms with Crippen LogP contribution in [-0.2, 0) is 15.7 Å². The van der Waals surface area contributed by atoms with E-state index < -0.39 is 23.5 Å². The number of rotatable bonds is 4. The molecule has 1 atom stereocenters. The van der Waals surface area contributed by atoms with Crippen molar-refractivity contribution in [1.29, 1.82) is 0 Å². The van der Waals surface area contributed by atoms with E-state index in [2.05, 4.69) is 30.5 Å². The molecule has 11 heteroatoms. The zero-order valence-corrected chi connectivity index (χ0v) is 20.0. The minimum Gasteiger partial charge on any atom is -0.378 e. The van der Waals surface area contributed by atoms with Crippen LogP contribution in [0.3, 0.4) is 0 Å². The number of hydrogen-bond acceptors (Lipinski definition) is 7. The number of nitrogens with one attached hydrogen (secondary N) is 2. The smallest absolute Gasteiger partial charge is 0.378 e. The number of anilines is 2. The Bertz CT molecular complexity index is 1340. The molecule has 5 rings (SSSR count). The third kappa shape index (κ3) is 5.32. The minimum absolute atomic E-state index is 0.0322. The van der Waals surface area contributed by atoms with Crippen LogP contribution in [0.4, 0.5) is 24.7 Å². The van der Waals surface area contributed by atoms with Crippen LogP contribution in [0.5, 0.6) is 0 Å². The maximum atomic E-state index is 13.5. The van der Waals surface area contributed by atoms with E-state index in [1.165, 1.54) is 12.3 Å². The van der Waals surface area contributed by atoms with Crippen LogP contribution in [0.25, 0.3) is 11.1 Å². The highest BCUT2D eigenvalue weighted by atomic mass is 19.4. The fourth-order valence-electron chi connectivity index (χ4n) is 4.45. The summed E-state index contributed by atoms with van der Waals surface area (Å²) < 4.78 is 45.8.